The van der Waals surface area contributed by atoms with Crippen LogP contribution in [0.15, 0.2) is 29.6 Å². The number of rotatable bonds is 4. The van der Waals surface area contributed by atoms with Crippen molar-refractivity contribution in [3.63, 3.8) is 0 Å². The van der Waals surface area contributed by atoms with Crippen molar-refractivity contribution in [2.45, 2.75) is 19.9 Å². The van der Waals surface area contributed by atoms with Crippen LogP contribution in [-0.2, 0) is 0 Å². The van der Waals surface area contributed by atoms with E-state index in [4.69, 9.17) is 0 Å². The van der Waals surface area contributed by atoms with Gasteiger partial charge in [-0.3, -0.25) is 0 Å². The first kappa shape index (κ1) is 13.1. The normalized spacial score (nSPS) is 14.6. The van der Waals surface area contributed by atoms with Crippen LogP contribution < -0.4 is 5.32 Å². The third-order valence-electron chi connectivity index (χ3n) is 3.38. The summed E-state index contributed by atoms with van der Waals surface area (Å²) >= 11 is 1.75. The van der Waals surface area contributed by atoms with E-state index in [1.54, 1.807) is 11.3 Å². The molecule has 2 aromatic rings. The van der Waals surface area contributed by atoms with E-state index in [9.17, 15) is 5.26 Å². The van der Waals surface area contributed by atoms with Crippen molar-refractivity contribution in [2.24, 2.45) is 11.8 Å². The molecule has 0 fully saturated rings. The average molecular weight is 258 g/mol. The second-order valence-electron chi connectivity index (χ2n) is 4.85. The SMILES string of the molecule is CNC(c1csc2ccccc12)C(C#N)C(C)C. The molecule has 94 valence electrons. The Balaban J connectivity index is 2.48. The molecular weight excluding hydrogens is 240 g/mol. The van der Waals surface area contributed by atoms with Crippen molar-refractivity contribution < 1.29 is 0 Å². The van der Waals surface area contributed by atoms with Crippen LogP contribution in [0.3, 0.4) is 0 Å². The van der Waals surface area contributed by atoms with Crippen LogP contribution in [0, 0.1) is 23.2 Å². The van der Waals surface area contributed by atoms with Crippen LogP contribution in [0.5, 0.6) is 0 Å². The van der Waals surface area contributed by atoms with Crippen LogP contribution in [-0.4, -0.2) is 7.05 Å². The van der Waals surface area contributed by atoms with Gasteiger partial charge in [0.1, 0.15) is 0 Å². The highest BCUT2D eigenvalue weighted by molar-refractivity contribution is 7.17. The summed E-state index contributed by atoms with van der Waals surface area (Å²) in [4.78, 5) is 0. The fraction of sp³-hybridized carbons (Fsp3) is 0.400. The van der Waals surface area contributed by atoms with E-state index in [1.807, 2.05) is 7.05 Å². The zero-order valence-electron chi connectivity index (χ0n) is 11.0. The zero-order chi connectivity index (χ0) is 13.1. The fourth-order valence-corrected chi connectivity index (χ4v) is 3.37. The summed E-state index contributed by atoms with van der Waals surface area (Å²) in [5.41, 5.74) is 1.25. The van der Waals surface area contributed by atoms with Gasteiger partial charge >= 0.3 is 0 Å². The lowest BCUT2D eigenvalue weighted by Crippen LogP contribution is -2.27. The Morgan fingerprint density at radius 3 is 2.61 bits per heavy atom. The maximum atomic E-state index is 9.38. The van der Waals surface area contributed by atoms with Gasteiger partial charge in [0.05, 0.1) is 12.0 Å². The van der Waals surface area contributed by atoms with E-state index in [1.165, 1.54) is 15.6 Å². The number of benzene rings is 1. The minimum Gasteiger partial charge on any atom is -0.312 e. The number of hydrogen-bond acceptors (Lipinski definition) is 3. The Bertz CT molecular complexity index is 565. The molecule has 0 aliphatic rings. The second kappa shape index (κ2) is 5.51. The summed E-state index contributed by atoms with van der Waals surface area (Å²) in [7, 11) is 1.93. The van der Waals surface area contributed by atoms with Crippen LogP contribution in [0.2, 0.25) is 0 Å². The molecule has 2 atom stereocenters. The molecular formula is C15H18N2S. The first-order valence-electron chi connectivity index (χ1n) is 6.22. The standard InChI is InChI=1S/C15H18N2S/c1-10(2)12(8-16)15(17-3)13-9-18-14-7-5-4-6-11(13)14/h4-7,9-10,12,15,17H,1-3H3. The molecule has 0 amide bonds. The summed E-state index contributed by atoms with van der Waals surface area (Å²) in [5.74, 6) is 0.333. The number of thiophene rings is 1. The molecule has 1 aromatic carbocycles. The van der Waals surface area contributed by atoms with Crippen LogP contribution in [0.4, 0.5) is 0 Å². The molecule has 2 rings (SSSR count). The van der Waals surface area contributed by atoms with E-state index in [-0.39, 0.29) is 12.0 Å². The van der Waals surface area contributed by atoms with Gasteiger partial charge in [0, 0.05) is 10.7 Å². The molecule has 18 heavy (non-hydrogen) atoms. The van der Waals surface area contributed by atoms with Gasteiger partial charge in [0.2, 0.25) is 0 Å². The van der Waals surface area contributed by atoms with Gasteiger partial charge in [-0.15, -0.1) is 11.3 Å². The molecule has 0 aliphatic heterocycles. The van der Waals surface area contributed by atoms with Gasteiger partial charge in [-0.05, 0) is 35.4 Å². The third kappa shape index (κ3) is 2.27. The predicted molar refractivity (Wildman–Crippen MR) is 77.6 cm³/mol. The zero-order valence-corrected chi connectivity index (χ0v) is 11.8. The summed E-state index contributed by atoms with van der Waals surface area (Å²) < 4.78 is 1.29. The largest absolute Gasteiger partial charge is 0.312 e. The van der Waals surface area contributed by atoms with E-state index in [2.05, 4.69) is 54.9 Å². The minimum atomic E-state index is -0.00648. The Hall–Kier alpha value is -1.37. The number of nitriles is 1. The van der Waals surface area contributed by atoms with E-state index >= 15 is 0 Å². The number of fused-ring (bicyclic) bond motifs is 1. The van der Waals surface area contributed by atoms with Crippen LogP contribution in [0.1, 0.15) is 25.5 Å². The fourth-order valence-electron chi connectivity index (χ4n) is 2.38. The first-order chi connectivity index (χ1) is 8.69. The number of nitrogens with zero attached hydrogens (tertiary/aromatic N) is 1. The van der Waals surface area contributed by atoms with Crippen molar-refractivity contribution >= 4 is 21.4 Å². The molecule has 1 heterocycles. The number of nitrogens with one attached hydrogen (secondary N) is 1. The minimum absolute atomic E-state index is 0.00648. The van der Waals surface area contributed by atoms with E-state index in [0.29, 0.717) is 5.92 Å². The molecule has 3 heteroatoms. The van der Waals surface area contributed by atoms with Gasteiger partial charge in [-0.25, -0.2) is 0 Å². The summed E-state index contributed by atoms with van der Waals surface area (Å²) in [6.07, 6.45) is 0. The Morgan fingerprint density at radius 1 is 1.28 bits per heavy atom. The highest BCUT2D eigenvalue weighted by Gasteiger charge is 2.26. The third-order valence-corrected chi connectivity index (χ3v) is 4.37. The van der Waals surface area contributed by atoms with Gasteiger partial charge in [-0.1, -0.05) is 32.0 Å². The summed E-state index contributed by atoms with van der Waals surface area (Å²) in [6, 6.07) is 10.9. The summed E-state index contributed by atoms with van der Waals surface area (Å²) in [5, 5.41) is 16.1. The van der Waals surface area contributed by atoms with Crippen molar-refractivity contribution in [3.8, 4) is 6.07 Å². The van der Waals surface area contributed by atoms with E-state index in [0.717, 1.165) is 0 Å². The Kier molecular flexibility index (Phi) is 4.00. The highest BCUT2D eigenvalue weighted by Crippen LogP contribution is 2.35. The lowest BCUT2D eigenvalue weighted by molar-refractivity contribution is 0.365. The predicted octanol–water partition coefficient (Wildman–Crippen LogP) is 3.96. The van der Waals surface area contributed by atoms with Crippen LogP contribution >= 0.6 is 11.3 Å². The Labute approximate surface area is 112 Å². The van der Waals surface area contributed by atoms with Crippen molar-refractivity contribution in [1.29, 1.82) is 5.26 Å². The smallest absolute Gasteiger partial charge is 0.0681 e. The van der Waals surface area contributed by atoms with Crippen molar-refractivity contribution in [3.05, 3.63) is 35.2 Å². The number of hydrogen-bond donors (Lipinski definition) is 1. The van der Waals surface area contributed by atoms with Gasteiger partial charge in [0.15, 0.2) is 0 Å². The topological polar surface area (TPSA) is 35.8 Å². The maximum absolute atomic E-state index is 9.38. The summed E-state index contributed by atoms with van der Waals surface area (Å²) in [6.45, 7) is 4.21. The first-order valence-corrected chi connectivity index (χ1v) is 7.10. The molecule has 0 radical (unpaired) electrons. The van der Waals surface area contributed by atoms with Gasteiger partial charge < -0.3 is 5.32 Å². The molecule has 2 nitrogen and oxygen atoms in total. The highest BCUT2D eigenvalue weighted by atomic mass is 32.1. The molecule has 0 aliphatic carbocycles. The molecule has 0 spiro atoms. The van der Waals surface area contributed by atoms with Crippen molar-refractivity contribution in [1.82, 2.24) is 5.32 Å². The Morgan fingerprint density at radius 2 is 2.00 bits per heavy atom. The van der Waals surface area contributed by atoms with E-state index < -0.39 is 0 Å². The quantitative estimate of drug-likeness (QED) is 0.901. The van der Waals surface area contributed by atoms with Gasteiger partial charge in [0.25, 0.3) is 0 Å². The molecule has 1 N–H and O–H groups in total. The molecule has 2 unspecified atom stereocenters. The lowest BCUT2D eigenvalue weighted by atomic mass is 9.85. The molecule has 0 bridgehead atoms. The van der Waals surface area contributed by atoms with Crippen molar-refractivity contribution in [2.75, 3.05) is 7.05 Å². The monoisotopic (exact) mass is 258 g/mol. The van der Waals surface area contributed by atoms with Gasteiger partial charge in [-0.2, -0.15) is 5.26 Å². The molecule has 0 saturated heterocycles. The average Bonchev–Trinajstić information content (AvgIpc) is 2.79. The maximum Gasteiger partial charge on any atom is 0.0681 e. The molecule has 1 aromatic heterocycles. The lowest BCUT2D eigenvalue weighted by Gasteiger charge is -2.24. The van der Waals surface area contributed by atoms with Crippen LogP contribution in [0.25, 0.3) is 10.1 Å². The molecule has 0 saturated carbocycles. The second-order valence-corrected chi connectivity index (χ2v) is 5.76.